The van der Waals surface area contributed by atoms with Crippen molar-refractivity contribution in [3.05, 3.63) is 60.2 Å². The minimum Gasteiger partial charge on any atom is -0.368 e. The maximum atomic E-state index is 12.9. The van der Waals surface area contributed by atoms with Gasteiger partial charge in [-0.15, -0.1) is 24.0 Å². The van der Waals surface area contributed by atoms with E-state index in [2.05, 4.69) is 49.1 Å². The number of sulfonamides is 1. The number of nitrogens with zero attached hydrogens (tertiary/aromatic N) is 3. The van der Waals surface area contributed by atoms with Crippen molar-refractivity contribution < 1.29 is 8.42 Å². The van der Waals surface area contributed by atoms with Gasteiger partial charge in [0.1, 0.15) is 0 Å². The van der Waals surface area contributed by atoms with Gasteiger partial charge >= 0.3 is 0 Å². The minimum atomic E-state index is -3.62. The highest BCUT2D eigenvalue weighted by molar-refractivity contribution is 14.0. The van der Waals surface area contributed by atoms with Gasteiger partial charge in [0.2, 0.25) is 10.0 Å². The number of benzene rings is 2. The topological polar surface area (TPSA) is 77.0 Å². The first-order valence-electron chi connectivity index (χ1n) is 10.6. The number of rotatable bonds is 5. The van der Waals surface area contributed by atoms with Crippen molar-refractivity contribution in [1.29, 1.82) is 0 Å². The average molecular weight is 572 g/mol. The maximum Gasteiger partial charge on any atom is 0.241 e. The van der Waals surface area contributed by atoms with Crippen LogP contribution in [0.2, 0.25) is 0 Å². The summed E-state index contributed by atoms with van der Waals surface area (Å²) < 4.78 is 28.5. The fourth-order valence-electron chi connectivity index (χ4n) is 3.69. The predicted molar refractivity (Wildman–Crippen MR) is 142 cm³/mol. The highest BCUT2D eigenvalue weighted by atomic mass is 127. The van der Waals surface area contributed by atoms with Gasteiger partial charge < -0.3 is 15.1 Å². The number of guanidine groups is 1. The molecule has 0 amide bonds. The Balaban J connectivity index is 0.00000363. The van der Waals surface area contributed by atoms with Gasteiger partial charge in [0, 0.05) is 51.0 Å². The monoisotopic (exact) mass is 571 g/mol. The molecule has 32 heavy (non-hydrogen) atoms. The number of hydrogen-bond donors (Lipinski definition) is 2. The lowest BCUT2D eigenvalue weighted by atomic mass is 10.1. The third-order valence-corrected chi connectivity index (χ3v) is 6.91. The fourth-order valence-corrected chi connectivity index (χ4v) is 5.35. The zero-order valence-corrected chi connectivity index (χ0v) is 22.4. The van der Waals surface area contributed by atoms with Crippen LogP contribution in [0.25, 0.3) is 0 Å². The lowest BCUT2D eigenvalue weighted by molar-refractivity contribution is 0.372. The molecule has 0 bridgehead atoms. The van der Waals surface area contributed by atoms with Gasteiger partial charge in [-0.1, -0.05) is 36.4 Å². The fraction of sp³-hybridized carbons (Fsp3) is 0.435. The average Bonchev–Trinajstić information content (AvgIpc) is 2.74. The molecular formula is C23H34IN5O2S. The van der Waals surface area contributed by atoms with E-state index in [1.807, 2.05) is 39.0 Å². The van der Waals surface area contributed by atoms with Crippen LogP contribution in [0.1, 0.15) is 26.3 Å². The highest BCUT2D eigenvalue weighted by Crippen LogP contribution is 2.19. The molecule has 1 saturated heterocycles. The van der Waals surface area contributed by atoms with Crippen molar-refractivity contribution in [3.63, 3.8) is 0 Å². The molecule has 1 fully saturated rings. The van der Waals surface area contributed by atoms with Crippen LogP contribution in [-0.4, -0.2) is 58.0 Å². The summed E-state index contributed by atoms with van der Waals surface area (Å²) in [5, 5.41) is 3.35. The molecule has 1 aliphatic rings. The Hall–Kier alpha value is -1.85. The molecule has 0 radical (unpaired) electrons. The van der Waals surface area contributed by atoms with Gasteiger partial charge in [0.25, 0.3) is 0 Å². The molecule has 9 heteroatoms. The second-order valence-corrected chi connectivity index (χ2v) is 10.3. The van der Waals surface area contributed by atoms with Crippen LogP contribution in [0.5, 0.6) is 0 Å². The summed E-state index contributed by atoms with van der Waals surface area (Å²) in [6.45, 7) is 9.40. The van der Waals surface area contributed by atoms with Crippen LogP contribution in [0.4, 0.5) is 5.69 Å². The summed E-state index contributed by atoms with van der Waals surface area (Å²) >= 11 is 0. The van der Waals surface area contributed by atoms with E-state index in [9.17, 15) is 8.42 Å². The van der Waals surface area contributed by atoms with E-state index in [0.717, 1.165) is 32.1 Å². The SMILES string of the molecule is CN=C(NCc1ccccc1S(=O)(=O)NC(C)(C)C)N1CCN(c2ccccc2)CC1.I. The maximum absolute atomic E-state index is 12.9. The molecule has 0 aliphatic carbocycles. The molecular weight excluding hydrogens is 537 g/mol. The normalized spacial score (nSPS) is 15.3. The molecule has 2 aromatic carbocycles. The van der Waals surface area contributed by atoms with Crippen LogP contribution in [0.15, 0.2) is 64.5 Å². The molecule has 1 heterocycles. The Bertz CT molecular complexity index is 999. The van der Waals surface area contributed by atoms with E-state index in [1.165, 1.54) is 5.69 Å². The molecule has 0 aromatic heterocycles. The summed E-state index contributed by atoms with van der Waals surface area (Å²) in [4.78, 5) is 9.29. The molecule has 1 aliphatic heterocycles. The molecule has 0 spiro atoms. The molecule has 3 rings (SSSR count). The van der Waals surface area contributed by atoms with Crippen molar-refractivity contribution in [2.45, 2.75) is 37.8 Å². The van der Waals surface area contributed by atoms with E-state index < -0.39 is 15.6 Å². The number of aliphatic imine (C=N–C) groups is 1. The molecule has 2 aromatic rings. The Morgan fingerprint density at radius 2 is 1.56 bits per heavy atom. The second kappa shape index (κ2) is 11.3. The van der Waals surface area contributed by atoms with Crippen LogP contribution in [0.3, 0.4) is 0 Å². The van der Waals surface area contributed by atoms with E-state index >= 15 is 0 Å². The number of para-hydroxylation sites is 1. The third kappa shape index (κ3) is 7.08. The van der Waals surface area contributed by atoms with Crippen molar-refractivity contribution in [3.8, 4) is 0 Å². The molecule has 176 valence electrons. The van der Waals surface area contributed by atoms with E-state index in [4.69, 9.17) is 0 Å². The molecule has 0 atom stereocenters. The van der Waals surface area contributed by atoms with E-state index in [1.54, 1.807) is 19.2 Å². The lowest BCUT2D eigenvalue weighted by Gasteiger charge is -2.37. The Morgan fingerprint density at radius 3 is 2.16 bits per heavy atom. The van der Waals surface area contributed by atoms with Gasteiger partial charge in [-0.05, 0) is 44.5 Å². The van der Waals surface area contributed by atoms with Gasteiger partial charge in [-0.3, -0.25) is 4.99 Å². The van der Waals surface area contributed by atoms with E-state index in [-0.39, 0.29) is 24.0 Å². The summed E-state index contributed by atoms with van der Waals surface area (Å²) in [7, 11) is -1.86. The first-order valence-corrected chi connectivity index (χ1v) is 12.1. The lowest BCUT2D eigenvalue weighted by Crippen LogP contribution is -2.52. The molecule has 0 unspecified atom stereocenters. The zero-order chi connectivity index (χ0) is 22.5. The van der Waals surface area contributed by atoms with E-state index in [0.29, 0.717) is 17.0 Å². The highest BCUT2D eigenvalue weighted by Gasteiger charge is 2.25. The summed E-state index contributed by atoms with van der Waals surface area (Å²) in [5.41, 5.74) is 1.40. The van der Waals surface area contributed by atoms with Crippen molar-refractivity contribution >= 4 is 45.6 Å². The zero-order valence-electron chi connectivity index (χ0n) is 19.2. The number of piperazine rings is 1. The number of halogens is 1. The quantitative estimate of drug-likeness (QED) is 0.328. The summed E-state index contributed by atoms with van der Waals surface area (Å²) in [6, 6.07) is 17.5. The molecule has 2 N–H and O–H groups in total. The molecule has 7 nitrogen and oxygen atoms in total. The first-order chi connectivity index (χ1) is 14.7. The summed E-state index contributed by atoms with van der Waals surface area (Å²) in [6.07, 6.45) is 0. The van der Waals surface area contributed by atoms with Crippen molar-refractivity contribution in [2.75, 3.05) is 38.1 Å². The smallest absolute Gasteiger partial charge is 0.241 e. The van der Waals surface area contributed by atoms with Gasteiger partial charge in [-0.25, -0.2) is 13.1 Å². The Labute approximate surface area is 209 Å². The Kier molecular flexibility index (Phi) is 9.35. The second-order valence-electron chi connectivity index (χ2n) is 8.67. The third-order valence-electron chi connectivity index (χ3n) is 5.05. The van der Waals surface area contributed by atoms with Gasteiger partial charge in [0.15, 0.2) is 5.96 Å². The van der Waals surface area contributed by atoms with Crippen LogP contribution in [0, 0.1) is 0 Å². The first kappa shape index (κ1) is 26.4. The van der Waals surface area contributed by atoms with Crippen LogP contribution in [-0.2, 0) is 16.6 Å². The van der Waals surface area contributed by atoms with Crippen molar-refractivity contribution in [1.82, 2.24) is 14.9 Å². The van der Waals surface area contributed by atoms with Gasteiger partial charge in [0.05, 0.1) is 4.90 Å². The van der Waals surface area contributed by atoms with Gasteiger partial charge in [-0.2, -0.15) is 0 Å². The minimum absolute atomic E-state index is 0. The predicted octanol–water partition coefficient (Wildman–Crippen LogP) is 3.28. The number of nitrogens with one attached hydrogen (secondary N) is 2. The van der Waals surface area contributed by atoms with Crippen molar-refractivity contribution in [2.24, 2.45) is 4.99 Å². The number of anilines is 1. The molecule has 0 saturated carbocycles. The summed E-state index contributed by atoms with van der Waals surface area (Å²) in [5.74, 6) is 0.781. The standard InChI is InChI=1S/C23H33N5O2S.HI/c1-23(2,3)26-31(29,30)21-13-9-8-10-19(21)18-25-22(24-4)28-16-14-27(15-17-28)20-11-6-5-7-12-20;/h5-13,26H,14-18H2,1-4H3,(H,24,25);1H. The van der Waals surface area contributed by atoms with Crippen LogP contribution < -0.4 is 14.9 Å². The largest absolute Gasteiger partial charge is 0.368 e. The van der Waals surface area contributed by atoms with Crippen LogP contribution >= 0.6 is 24.0 Å². The Morgan fingerprint density at radius 1 is 0.969 bits per heavy atom. The number of hydrogen-bond acceptors (Lipinski definition) is 4.